The molecule has 1 rings (SSSR count). The molecule has 0 bridgehead atoms. The fourth-order valence-electron chi connectivity index (χ4n) is 0.503. The van der Waals surface area contributed by atoms with E-state index in [1.165, 1.54) is 0 Å². The van der Waals surface area contributed by atoms with Crippen molar-refractivity contribution in [2.24, 2.45) is 0 Å². The van der Waals surface area contributed by atoms with E-state index in [0.29, 0.717) is 0 Å². The molecule has 0 saturated carbocycles. The number of anilines is 1. The molecule has 6 heteroatoms. The lowest BCUT2D eigenvalue weighted by molar-refractivity contribution is 0.451. The van der Waals surface area contributed by atoms with Crippen LogP contribution < -0.4 is 5.73 Å². The summed E-state index contributed by atoms with van der Waals surface area (Å²) in [6.07, 6.45) is 0. The minimum Gasteiger partial charge on any atom is -0.395 e. The number of hydrogen-bond acceptors (Lipinski definition) is 2. The summed E-state index contributed by atoms with van der Waals surface area (Å²) in [6, 6.07) is 0. The van der Waals surface area contributed by atoms with Crippen LogP contribution in [0.4, 0.5) is 18.9 Å². The number of nitrogen functional groups attached to an aromatic ring is 1. The first-order chi connectivity index (χ1) is 5.04. The molecular weight excluding hydrogens is 181 g/mol. The summed E-state index contributed by atoms with van der Waals surface area (Å²) in [5.41, 5.74) is 4.09. The van der Waals surface area contributed by atoms with Crippen molar-refractivity contribution in [3.8, 4) is 0 Å². The summed E-state index contributed by atoms with van der Waals surface area (Å²) >= 11 is 5.09. The topological polar surface area (TPSA) is 38.9 Å². The van der Waals surface area contributed by atoms with Crippen molar-refractivity contribution in [2.75, 3.05) is 5.73 Å². The van der Waals surface area contributed by atoms with Crippen LogP contribution >= 0.6 is 11.6 Å². The lowest BCUT2D eigenvalue weighted by atomic mass is 10.4. The van der Waals surface area contributed by atoms with Gasteiger partial charge in [-0.3, -0.25) is 0 Å². The average molecular weight is 183 g/mol. The van der Waals surface area contributed by atoms with Gasteiger partial charge < -0.3 is 5.73 Å². The normalized spacial score (nSPS) is 10.2. The van der Waals surface area contributed by atoms with Crippen LogP contribution in [-0.2, 0) is 0 Å². The Balaban J connectivity index is 3.46. The Labute approximate surface area is 64.8 Å². The van der Waals surface area contributed by atoms with Crippen molar-refractivity contribution in [1.29, 1.82) is 0 Å². The van der Waals surface area contributed by atoms with E-state index >= 15 is 0 Å². The summed E-state index contributed by atoms with van der Waals surface area (Å²) < 4.78 is 36.8. The third-order valence-electron chi connectivity index (χ3n) is 1.03. The standard InChI is InChI=1S/C5H2ClF3N2/c6-1-3(10)2(7)5(9)11-4(1)8/h(H2,10,11). The van der Waals surface area contributed by atoms with E-state index in [9.17, 15) is 13.2 Å². The van der Waals surface area contributed by atoms with Gasteiger partial charge in [-0.2, -0.15) is 18.2 Å². The zero-order chi connectivity index (χ0) is 8.59. The van der Waals surface area contributed by atoms with Gasteiger partial charge >= 0.3 is 0 Å². The number of aromatic nitrogens is 1. The monoisotopic (exact) mass is 182 g/mol. The third-order valence-corrected chi connectivity index (χ3v) is 1.39. The SMILES string of the molecule is Nc1c(F)c(F)nc(F)c1Cl. The Morgan fingerprint density at radius 3 is 2.27 bits per heavy atom. The van der Waals surface area contributed by atoms with Crippen molar-refractivity contribution >= 4 is 17.3 Å². The van der Waals surface area contributed by atoms with Crippen LogP contribution in [0.5, 0.6) is 0 Å². The molecule has 0 atom stereocenters. The highest BCUT2D eigenvalue weighted by Crippen LogP contribution is 2.24. The lowest BCUT2D eigenvalue weighted by Gasteiger charge is -1.99. The molecule has 0 spiro atoms. The summed E-state index contributed by atoms with van der Waals surface area (Å²) in [4.78, 5) is 2.51. The second-order valence-electron chi connectivity index (χ2n) is 1.74. The molecule has 0 unspecified atom stereocenters. The van der Waals surface area contributed by atoms with E-state index in [2.05, 4.69) is 4.98 Å². The van der Waals surface area contributed by atoms with Crippen LogP contribution in [-0.4, -0.2) is 4.98 Å². The highest BCUT2D eigenvalue weighted by Gasteiger charge is 2.15. The zero-order valence-corrected chi connectivity index (χ0v) is 5.79. The Bertz CT molecular complexity index is 276. The van der Waals surface area contributed by atoms with Gasteiger partial charge in [0.2, 0.25) is 11.8 Å². The van der Waals surface area contributed by atoms with Gasteiger partial charge in [-0.15, -0.1) is 0 Å². The molecule has 1 aromatic heterocycles. The van der Waals surface area contributed by atoms with E-state index < -0.39 is 28.4 Å². The molecule has 2 N–H and O–H groups in total. The van der Waals surface area contributed by atoms with Crippen LogP contribution in [0, 0.1) is 17.7 Å². The number of hydrogen-bond donors (Lipinski definition) is 1. The summed E-state index contributed by atoms with van der Waals surface area (Å²) in [7, 11) is 0. The Morgan fingerprint density at radius 2 is 1.73 bits per heavy atom. The molecule has 0 fully saturated rings. The molecule has 60 valence electrons. The number of nitrogens with two attached hydrogens (primary N) is 1. The summed E-state index contributed by atoms with van der Waals surface area (Å²) in [6.45, 7) is 0. The van der Waals surface area contributed by atoms with Crippen LogP contribution in [0.2, 0.25) is 5.02 Å². The van der Waals surface area contributed by atoms with Crippen LogP contribution in [0.25, 0.3) is 0 Å². The van der Waals surface area contributed by atoms with E-state index in [-0.39, 0.29) is 0 Å². The molecule has 0 aliphatic carbocycles. The number of halogens is 4. The average Bonchev–Trinajstić information content (AvgIpc) is 1.97. The van der Waals surface area contributed by atoms with E-state index in [4.69, 9.17) is 17.3 Å². The fraction of sp³-hybridized carbons (Fsp3) is 0. The maximum Gasteiger partial charge on any atom is 0.253 e. The fourth-order valence-corrected chi connectivity index (χ4v) is 0.628. The van der Waals surface area contributed by atoms with Crippen molar-refractivity contribution < 1.29 is 13.2 Å². The highest BCUT2D eigenvalue weighted by atomic mass is 35.5. The lowest BCUT2D eigenvalue weighted by Crippen LogP contribution is -2.01. The van der Waals surface area contributed by atoms with Gasteiger partial charge in [-0.05, 0) is 0 Å². The molecule has 0 radical (unpaired) electrons. The van der Waals surface area contributed by atoms with Gasteiger partial charge in [-0.25, -0.2) is 0 Å². The van der Waals surface area contributed by atoms with Gasteiger partial charge in [0.1, 0.15) is 5.02 Å². The van der Waals surface area contributed by atoms with Crippen LogP contribution in [0.15, 0.2) is 0 Å². The van der Waals surface area contributed by atoms with E-state index in [1.807, 2.05) is 0 Å². The predicted molar refractivity (Wildman–Crippen MR) is 33.5 cm³/mol. The second-order valence-corrected chi connectivity index (χ2v) is 2.11. The molecule has 0 amide bonds. The molecule has 11 heavy (non-hydrogen) atoms. The smallest absolute Gasteiger partial charge is 0.253 e. The predicted octanol–water partition coefficient (Wildman–Crippen LogP) is 1.73. The third kappa shape index (κ3) is 1.23. The molecule has 1 heterocycles. The van der Waals surface area contributed by atoms with Crippen molar-refractivity contribution in [1.82, 2.24) is 4.98 Å². The van der Waals surface area contributed by atoms with Gasteiger partial charge in [0.15, 0.2) is 0 Å². The molecule has 0 saturated heterocycles. The zero-order valence-electron chi connectivity index (χ0n) is 5.04. The molecule has 0 aromatic carbocycles. The quantitative estimate of drug-likeness (QED) is 0.621. The Kier molecular flexibility index (Phi) is 1.90. The largest absolute Gasteiger partial charge is 0.395 e. The van der Waals surface area contributed by atoms with Crippen molar-refractivity contribution in [2.45, 2.75) is 0 Å². The first kappa shape index (κ1) is 8.13. The molecule has 0 aliphatic heterocycles. The minimum atomic E-state index is -1.59. The van der Waals surface area contributed by atoms with Gasteiger partial charge in [0.05, 0.1) is 5.69 Å². The molecule has 1 aromatic rings. The van der Waals surface area contributed by atoms with E-state index in [0.717, 1.165) is 0 Å². The maximum absolute atomic E-state index is 12.4. The maximum atomic E-state index is 12.4. The van der Waals surface area contributed by atoms with Gasteiger partial charge in [-0.1, -0.05) is 11.6 Å². The molecular formula is C5H2ClF3N2. The first-order valence-electron chi connectivity index (χ1n) is 2.49. The summed E-state index contributed by atoms with van der Waals surface area (Å²) in [5.74, 6) is -4.34. The Hall–Kier alpha value is -0.970. The summed E-state index contributed by atoms with van der Waals surface area (Å²) in [5, 5.41) is -0.705. The van der Waals surface area contributed by atoms with Crippen molar-refractivity contribution in [3.05, 3.63) is 22.7 Å². The first-order valence-corrected chi connectivity index (χ1v) is 2.87. The second kappa shape index (κ2) is 2.58. The van der Waals surface area contributed by atoms with E-state index in [1.54, 1.807) is 0 Å². The van der Waals surface area contributed by atoms with Gasteiger partial charge in [0.25, 0.3) is 5.95 Å². The van der Waals surface area contributed by atoms with Crippen LogP contribution in [0.3, 0.4) is 0 Å². The minimum absolute atomic E-state index is 0.705. The van der Waals surface area contributed by atoms with Crippen LogP contribution in [0.1, 0.15) is 0 Å². The Morgan fingerprint density at radius 1 is 1.18 bits per heavy atom. The number of nitrogens with zero attached hydrogens (tertiary/aromatic N) is 1. The molecule has 2 nitrogen and oxygen atoms in total. The van der Waals surface area contributed by atoms with Crippen molar-refractivity contribution in [3.63, 3.8) is 0 Å². The number of rotatable bonds is 0. The molecule has 0 aliphatic rings. The highest BCUT2D eigenvalue weighted by molar-refractivity contribution is 6.33. The van der Waals surface area contributed by atoms with Gasteiger partial charge in [0, 0.05) is 0 Å². The number of pyridine rings is 1.